The van der Waals surface area contributed by atoms with Crippen molar-refractivity contribution in [1.29, 1.82) is 0 Å². The van der Waals surface area contributed by atoms with Gasteiger partial charge in [0, 0.05) is 6.42 Å². The fourth-order valence-corrected chi connectivity index (χ4v) is 0.752. The molecule has 0 rings (SSSR count). The Morgan fingerprint density at radius 2 is 1.71 bits per heavy atom. The first-order valence-electron chi connectivity index (χ1n) is 4.50. The van der Waals surface area contributed by atoms with E-state index in [4.69, 9.17) is 0 Å². The molecule has 0 aliphatic rings. The van der Waals surface area contributed by atoms with E-state index in [9.17, 15) is 14.4 Å². The maximum Gasteiger partial charge on any atom is 0.513 e. The summed E-state index contributed by atoms with van der Waals surface area (Å²) in [4.78, 5) is 31.9. The minimum absolute atomic E-state index is 0.145. The second-order valence-electron chi connectivity index (χ2n) is 2.52. The van der Waals surface area contributed by atoms with Gasteiger partial charge in [-0.05, 0) is 0 Å². The summed E-state index contributed by atoms with van der Waals surface area (Å²) in [5.74, 6) is 0. The van der Waals surface area contributed by atoms with Crippen molar-refractivity contribution in [3.8, 4) is 0 Å². The van der Waals surface area contributed by atoms with Gasteiger partial charge >= 0.3 is 12.3 Å². The van der Waals surface area contributed by atoms with E-state index >= 15 is 0 Å². The van der Waals surface area contributed by atoms with Gasteiger partial charge in [-0.2, -0.15) is 0 Å². The lowest BCUT2D eigenvalue weighted by Gasteiger charge is -2.13. The molecule has 0 N–H and O–H groups in total. The summed E-state index contributed by atoms with van der Waals surface area (Å²) in [6.07, 6.45) is -0.903. The fraction of sp³-hybridized carbons (Fsp3) is 0.300. The number of carbonyl (C=O) groups excluding carboxylic acids is 3. The first-order valence-corrected chi connectivity index (χ1v) is 4.50. The topological polar surface area (TPSA) is 88.1 Å². The Kier molecular flexibility index (Phi) is 7.74. The van der Waals surface area contributed by atoms with Crippen LogP contribution in [0.2, 0.25) is 0 Å². The van der Waals surface area contributed by atoms with E-state index in [1.54, 1.807) is 0 Å². The monoisotopic (exact) mass is 244 g/mol. The summed E-state index contributed by atoms with van der Waals surface area (Å²) in [7, 11) is 0. The highest BCUT2D eigenvalue weighted by atomic mass is 16.7. The van der Waals surface area contributed by atoms with Gasteiger partial charge in [-0.3, -0.25) is 0 Å². The predicted octanol–water partition coefficient (Wildman–Crippen LogP) is 1.54. The minimum atomic E-state index is -1.05. The molecule has 0 aliphatic carbocycles. The third-order valence-corrected chi connectivity index (χ3v) is 1.37. The lowest BCUT2D eigenvalue weighted by Crippen LogP contribution is -2.25. The van der Waals surface area contributed by atoms with Crippen molar-refractivity contribution in [1.82, 2.24) is 0 Å². The Balaban J connectivity index is 4.09. The van der Waals surface area contributed by atoms with Gasteiger partial charge in [-0.15, -0.1) is 0 Å². The van der Waals surface area contributed by atoms with Crippen LogP contribution in [0.25, 0.3) is 0 Å². The summed E-state index contributed by atoms with van der Waals surface area (Å²) >= 11 is 0. The molecule has 1 atom stereocenters. The zero-order chi connectivity index (χ0) is 13.1. The summed E-state index contributed by atoms with van der Waals surface area (Å²) in [5, 5.41) is 0. The van der Waals surface area contributed by atoms with E-state index in [1.165, 1.54) is 0 Å². The Morgan fingerprint density at radius 1 is 1.12 bits per heavy atom. The van der Waals surface area contributed by atoms with Crippen LogP contribution in [0, 0.1) is 0 Å². The van der Waals surface area contributed by atoms with Crippen molar-refractivity contribution >= 4 is 18.6 Å². The molecule has 0 fully saturated rings. The first-order chi connectivity index (χ1) is 8.13. The number of carbonyl (C=O) groups is 3. The minimum Gasteiger partial charge on any atom is -0.430 e. The van der Waals surface area contributed by atoms with Gasteiger partial charge in [-0.1, -0.05) is 13.2 Å². The SMILES string of the molecule is C=COC(=O)OCC(CC=O)OC(=O)OC=C. The maximum absolute atomic E-state index is 10.9. The van der Waals surface area contributed by atoms with Gasteiger partial charge in [0.25, 0.3) is 0 Å². The highest BCUT2D eigenvalue weighted by molar-refractivity contribution is 5.62. The largest absolute Gasteiger partial charge is 0.513 e. The zero-order valence-corrected chi connectivity index (χ0v) is 9.00. The molecule has 1 unspecified atom stereocenters. The first kappa shape index (κ1) is 14.7. The summed E-state index contributed by atoms with van der Waals surface area (Å²) in [5.41, 5.74) is 0. The number of aldehydes is 1. The van der Waals surface area contributed by atoms with Crippen molar-refractivity contribution in [2.75, 3.05) is 6.61 Å². The maximum atomic E-state index is 10.9. The molecule has 0 spiro atoms. The molecular weight excluding hydrogens is 232 g/mol. The van der Waals surface area contributed by atoms with Gasteiger partial charge in [0.1, 0.15) is 19.0 Å². The zero-order valence-electron chi connectivity index (χ0n) is 9.00. The molecule has 0 amide bonds. The second-order valence-corrected chi connectivity index (χ2v) is 2.52. The van der Waals surface area contributed by atoms with Crippen LogP contribution in [0.15, 0.2) is 25.7 Å². The smallest absolute Gasteiger partial charge is 0.430 e. The molecule has 0 saturated carbocycles. The highest BCUT2D eigenvalue weighted by Gasteiger charge is 2.17. The van der Waals surface area contributed by atoms with Gasteiger partial charge in [0.2, 0.25) is 0 Å². The average Bonchev–Trinajstić information content (AvgIpc) is 2.27. The number of hydrogen-bond acceptors (Lipinski definition) is 7. The van der Waals surface area contributed by atoms with Crippen molar-refractivity contribution in [2.45, 2.75) is 12.5 Å². The van der Waals surface area contributed by atoms with Crippen molar-refractivity contribution in [3.63, 3.8) is 0 Å². The molecule has 94 valence electrons. The number of hydrogen-bond donors (Lipinski definition) is 0. The van der Waals surface area contributed by atoms with Crippen LogP contribution in [0.4, 0.5) is 9.59 Å². The van der Waals surface area contributed by atoms with Crippen molar-refractivity contribution in [2.24, 2.45) is 0 Å². The van der Waals surface area contributed by atoms with Crippen LogP contribution in [0.5, 0.6) is 0 Å². The third kappa shape index (κ3) is 7.60. The van der Waals surface area contributed by atoms with E-state index in [1.807, 2.05) is 0 Å². The van der Waals surface area contributed by atoms with Crippen LogP contribution in [0.3, 0.4) is 0 Å². The van der Waals surface area contributed by atoms with Crippen LogP contribution in [0.1, 0.15) is 6.42 Å². The van der Waals surface area contributed by atoms with E-state index in [2.05, 4.69) is 32.1 Å². The molecule has 0 radical (unpaired) electrons. The van der Waals surface area contributed by atoms with E-state index in [-0.39, 0.29) is 13.0 Å². The molecule has 0 aliphatic heterocycles. The van der Waals surface area contributed by atoms with Gasteiger partial charge < -0.3 is 23.7 Å². The predicted molar refractivity (Wildman–Crippen MR) is 54.9 cm³/mol. The Bertz CT molecular complexity index is 297. The Labute approximate surface area is 97.6 Å². The molecule has 7 heteroatoms. The molecule has 0 aromatic rings. The van der Waals surface area contributed by atoms with Crippen LogP contribution in [-0.4, -0.2) is 31.3 Å². The van der Waals surface area contributed by atoms with Crippen molar-refractivity contribution < 1.29 is 33.3 Å². The molecule has 0 bridgehead atoms. The molecule has 0 aromatic heterocycles. The van der Waals surface area contributed by atoms with Gasteiger partial charge in [0.15, 0.2) is 0 Å². The van der Waals surface area contributed by atoms with E-state index in [0.29, 0.717) is 6.29 Å². The molecule has 17 heavy (non-hydrogen) atoms. The standard InChI is InChI=1S/C10H12O7/c1-3-14-9(12)16-7-8(5-6-11)17-10(13)15-4-2/h3-4,6,8H,1-2,5,7H2. The molecule has 0 heterocycles. The molecular formula is C10H12O7. The average molecular weight is 244 g/mol. The van der Waals surface area contributed by atoms with Crippen LogP contribution >= 0.6 is 0 Å². The quantitative estimate of drug-likeness (QED) is 0.381. The number of rotatable bonds is 7. The molecule has 7 nitrogen and oxygen atoms in total. The van der Waals surface area contributed by atoms with E-state index in [0.717, 1.165) is 12.5 Å². The van der Waals surface area contributed by atoms with Crippen LogP contribution < -0.4 is 0 Å². The lowest BCUT2D eigenvalue weighted by atomic mass is 10.3. The normalized spacial score (nSPS) is 10.6. The summed E-state index contributed by atoms with van der Waals surface area (Å²) < 4.78 is 17.7. The Hall–Kier alpha value is -2.31. The second kappa shape index (κ2) is 8.96. The van der Waals surface area contributed by atoms with Crippen LogP contribution in [-0.2, 0) is 23.7 Å². The van der Waals surface area contributed by atoms with E-state index < -0.39 is 18.4 Å². The molecule has 0 saturated heterocycles. The molecule has 0 aromatic carbocycles. The fourth-order valence-electron chi connectivity index (χ4n) is 0.752. The number of ether oxygens (including phenoxy) is 4. The highest BCUT2D eigenvalue weighted by Crippen LogP contribution is 2.01. The lowest BCUT2D eigenvalue weighted by molar-refractivity contribution is -0.110. The van der Waals surface area contributed by atoms with Gasteiger partial charge in [0.05, 0.1) is 12.5 Å². The summed E-state index contributed by atoms with van der Waals surface area (Å²) in [6.45, 7) is 5.95. The Morgan fingerprint density at radius 3 is 2.24 bits per heavy atom. The summed E-state index contributed by atoms with van der Waals surface area (Å²) in [6, 6.07) is 0. The van der Waals surface area contributed by atoms with Crippen molar-refractivity contribution in [3.05, 3.63) is 25.7 Å². The third-order valence-electron chi connectivity index (χ3n) is 1.37. The van der Waals surface area contributed by atoms with Gasteiger partial charge in [-0.25, -0.2) is 9.59 Å².